The number of hydrogen-bond acceptors (Lipinski definition) is 6. The number of rotatable bonds is 9. The molecule has 0 radical (unpaired) electrons. The number of para-hydroxylation sites is 3. The van der Waals surface area contributed by atoms with Gasteiger partial charge in [-0.05, 0) is 36.4 Å². The van der Waals surface area contributed by atoms with Crippen molar-refractivity contribution >= 4 is 0 Å². The van der Waals surface area contributed by atoms with E-state index in [1.165, 1.54) is 25.7 Å². The minimum Gasteiger partial charge on any atom is -0.491 e. The Morgan fingerprint density at radius 1 is 0.302 bits per heavy atom. The predicted octanol–water partition coefficient (Wildman–Crippen LogP) is 16.5. The highest BCUT2D eigenvalue weighted by atomic mass is 16.6. The monoisotopic (exact) mass is 873 g/mol. The summed E-state index contributed by atoms with van der Waals surface area (Å²) in [5.41, 5.74) is 0. The average Bonchev–Trinajstić information content (AvgIpc) is 4.21. The average molecular weight is 873 g/mol. The third kappa shape index (κ3) is 57.4. The van der Waals surface area contributed by atoms with Gasteiger partial charge in [-0.25, -0.2) is 0 Å². The summed E-state index contributed by atoms with van der Waals surface area (Å²) in [6, 6.07) is 53.4. The van der Waals surface area contributed by atoms with Crippen LogP contribution >= 0.6 is 0 Å². The summed E-state index contributed by atoms with van der Waals surface area (Å²) in [5, 5.41) is 0. The maximum absolute atomic E-state index is 5.40. The van der Waals surface area contributed by atoms with Crippen molar-refractivity contribution in [1.29, 1.82) is 0 Å². The lowest BCUT2D eigenvalue weighted by Crippen LogP contribution is -2.03. The quantitative estimate of drug-likeness (QED) is 0.138. The molecule has 3 heterocycles. The molecule has 3 aliphatic heterocycles. The van der Waals surface area contributed by atoms with Crippen LogP contribution in [0.25, 0.3) is 0 Å². The van der Waals surface area contributed by atoms with Gasteiger partial charge in [-0.2, -0.15) is 0 Å². The van der Waals surface area contributed by atoms with Gasteiger partial charge in [-0.1, -0.05) is 250 Å². The molecule has 63 heavy (non-hydrogen) atoms. The zero-order chi connectivity index (χ0) is 47.9. The molecule has 0 aliphatic carbocycles. The smallest absolute Gasteiger partial charge is 0.119 e. The van der Waals surface area contributed by atoms with Crippen molar-refractivity contribution < 1.29 is 28.4 Å². The summed E-state index contributed by atoms with van der Waals surface area (Å²) in [6.07, 6.45) is 6.03. The maximum Gasteiger partial charge on any atom is 0.119 e. The first-order chi connectivity index (χ1) is 31.0. The highest BCUT2D eigenvalue weighted by molar-refractivity contribution is 5.22. The molecule has 6 heteroatoms. The summed E-state index contributed by atoms with van der Waals surface area (Å²) < 4.78 is 31.2. The lowest BCUT2D eigenvalue weighted by Gasteiger charge is -2.01. The van der Waals surface area contributed by atoms with Crippen LogP contribution in [0.5, 0.6) is 17.2 Å². The van der Waals surface area contributed by atoms with Crippen molar-refractivity contribution in [3.63, 3.8) is 0 Å². The Labute approximate surface area is 388 Å². The molecular weight excluding hydrogens is 781 g/mol. The molecule has 8 rings (SSSR count). The van der Waals surface area contributed by atoms with Crippen LogP contribution in [0.4, 0.5) is 0 Å². The normalized spacial score (nSPS) is 14.1. The van der Waals surface area contributed by atoms with Crippen LogP contribution in [-0.4, -0.2) is 58.0 Å². The zero-order valence-corrected chi connectivity index (χ0v) is 42.3. The minimum atomic E-state index is 0.343. The topological polar surface area (TPSA) is 65.3 Å². The van der Waals surface area contributed by atoms with Gasteiger partial charge in [0, 0.05) is 0 Å². The van der Waals surface area contributed by atoms with Crippen LogP contribution in [0.3, 0.4) is 0 Å². The van der Waals surface area contributed by atoms with E-state index < -0.39 is 0 Å². The second kappa shape index (κ2) is 57.4. The fourth-order valence-corrected chi connectivity index (χ4v) is 3.38. The molecule has 356 valence electrons. The first kappa shape index (κ1) is 65.0. The van der Waals surface area contributed by atoms with Gasteiger partial charge in [0.25, 0.3) is 0 Å². The minimum absolute atomic E-state index is 0.343. The van der Waals surface area contributed by atoms with Crippen LogP contribution in [0.15, 0.2) is 164 Å². The second-order valence-electron chi connectivity index (χ2n) is 12.9. The van der Waals surface area contributed by atoms with E-state index in [1.807, 2.05) is 205 Å². The van der Waals surface area contributed by atoms with Crippen molar-refractivity contribution in [2.24, 2.45) is 0 Å². The van der Waals surface area contributed by atoms with Gasteiger partial charge in [0.2, 0.25) is 0 Å². The van der Waals surface area contributed by atoms with Crippen LogP contribution in [0.1, 0.15) is 123 Å². The first-order valence-electron chi connectivity index (χ1n) is 23.9. The molecular formula is C57H92O6. The Balaban J connectivity index is -0.000000320. The van der Waals surface area contributed by atoms with E-state index in [1.54, 1.807) is 0 Å². The summed E-state index contributed by atoms with van der Waals surface area (Å²) in [5.74, 6) is 2.76. The van der Waals surface area contributed by atoms with E-state index in [-0.39, 0.29) is 0 Å². The molecule has 5 aromatic carbocycles. The Bertz CT molecular complexity index is 1200. The van der Waals surface area contributed by atoms with E-state index in [4.69, 9.17) is 28.4 Å². The Kier molecular flexibility index (Phi) is 59.2. The fourth-order valence-electron chi connectivity index (χ4n) is 3.38. The van der Waals surface area contributed by atoms with Crippen molar-refractivity contribution in [2.45, 2.75) is 141 Å². The summed E-state index contributed by atoms with van der Waals surface area (Å²) >= 11 is 0. The van der Waals surface area contributed by atoms with Gasteiger partial charge < -0.3 is 28.4 Å². The van der Waals surface area contributed by atoms with E-state index in [9.17, 15) is 0 Å². The van der Waals surface area contributed by atoms with Gasteiger partial charge in [0.15, 0.2) is 0 Å². The third-order valence-corrected chi connectivity index (χ3v) is 6.08. The molecule has 0 aromatic heterocycles. The van der Waals surface area contributed by atoms with E-state index in [2.05, 4.69) is 55.4 Å². The molecule has 3 fully saturated rings. The molecule has 0 amide bonds. The third-order valence-electron chi connectivity index (χ3n) is 6.08. The second-order valence-corrected chi connectivity index (χ2v) is 12.9. The summed E-state index contributed by atoms with van der Waals surface area (Å²) in [6.45, 7) is 33.6. The predicted molar refractivity (Wildman–Crippen MR) is 276 cm³/mol. The van der Waals surface area contributed by atoms with Gasteiger partial charge in [-0.3, -0.25) is 0 Å². The van der Waals surface area contributed by atoms with Crippen LogP contribution in [0, 0.1) is 0 Å². The summed E-state index contributed by atoms with van der Waals surface area (Å²) in [7, 11) is 0. The van der Waals surface area contributed by atoms with Crippen molar-refractivity contribution in [3.05, 3.63) is 164 Å². The van der Waals surface area contributed by atoms with Crippen LogP contribution in [-0.2, 0) is 14.2 Å². The maximum atomic E-state index is 5.40. The number of ether oxygens (including phenoxy) is 6. The summed E-state index contributed by atoms with van der Waals surface area (Å²) in [4.78, 5) is 0. The molecule has 0 bridgehead atoms. The molecule has 6 nitrogen and oxygen atoms in total. The molecule has 3 saturated heterocycles. The molecule has 0 N–H and O–H groups in total. The number of epoxide rings is 3. The van der Waals surface area contributed by atoms with Crippen molar-refractivity contribution in [1.82, 2.24) is 0 Å². The number of hydrogen-bond donors (Lipinski definition) is 0. The van der Waals surface area contributed by atoms with Crippen LogP contribution in [0.2, 0.25) is 0 Å². The molecule has 3 aliphatic rings. The Morgan fingerprint density at radius 2 is 0.429 bits per heavy atom. The van der Waals surface area contributed by atoms with Gasteiger partial charge in [0.1, 0.15) is 55.4 Å². The molecule has 0 spiro atoms. The van der Waals surface area contributed by atoms with Gasteiger partial charge >= 0.3 is 0 Å². The zero-order valence-electron chi connectivity index (χ0n) is 42.3. The van der Waals surface area contributed by atoms with Gasteiger partial charge in [-0.15, -0.1) is 0 Å². The molecule has 0 saturated carbocycles. The molecule has 3 unspecified atom stereocenters. The van der Waals surface area contributed by atoms with E-state index in [0.29, 0.717) is 38.1 Å². The van der Waals surface area contributed by atoms with Gasteiger partial charge in [0.05, 0.1) is 19.8 Å². The lowest BCUT2D eigenvalue weighted by atomic mass is 10.3. The molecule has 5 aromatic rings. The highest BCUT2D eigenvalue weighted by Crippen LogP contribution is 2.15. The number of benzene rings is 5. The largest absolute Gasteiger partial charge is 0.491 e. The van der Waals surface area contributed by atoms with E-state index in [0.717, 1.165) is 37.1 Å². The standard InChI is InChI=1S/3C9H10O2.2C6H6.4C3H8.3C2H6/c3*1-2-4-8(5-3-1)10-6-9-7-11-9;2*1-2-4-6-5-3-1;4*1-3-2;3*1-2/h3*1-5,9H,6-7H2;2*1-6H;4*3H2,1-2H3;3*1-2H3. The van der Waals surface area contributed by atoms with Crippen LogP contribution < -0.4 is 14.2 Å². The Hall–Kier alpha value is -4.62. The van der Waals surface area contributed by atoms with Crippen molar-refractivity contribution in [2.75, 3.05) is 39.6 Å². The van der Waals surface area contributed by atoms with E-state index >= 15 is 0 Å². The molecule has 3 atom stereocenters. The highest BCUT2D eigenvalue weighted by Gasteiger charge is 2.24. The lowest BCUT2D eigenvalue weighted by molar-refractivity contribution is 0.263. The van der Waals surface area contributed by atoms with Crippen molar-refractivity contribution in [3.8, 4) is 17.2 Å². The SMILES string of the molecule is CC.CC.CC.CCC.CCC.CCC.CCC.c1ccc(OCC2CO2)cc1.c1ccc(OCC2CO2)cc1.c1ccc(OCC2CO2)cc1.c1ccccc1.c1ccccc1. The Morgan fingerprint density at radius 3 is 0.556 bits per heavy atom. The fraction of sp³-hybridized carbons (Fsp3) is 0.474. The first-order valence-corrected chi connectivity index (χ1v) is 23.9.